The van der Waals surface area contributed by atoms with Crippen LogP contribution in [0.4, 0.5) is 0 Å². The van der Waals surface area contributed by atoms with Gasteiger partial charge in [-0.25, -0.2) is 4.79 Å². The van der Waals surface area contributed by atoms with Gasteiger partial charge in [0.15, 0.2) is 0 Å². The molecule has 0 aromatic carbocycles. The van der Waals surface area contributed by atoms with Crippen LogP contribution in [-0.4, -0.2) is 87.1 Å². The van der Waals surface area contributed by atoms with Crippen molar-refractivity contribution in [3.05, 3.63) is 25.3 Å². The van der Waals surface area contributed by atoms with E-state index in [1.165, 1.54) is 0 Å². The van der Waals surface area contributed by atoms with Gasteiger partial charge in [-0.05, 0) is 0 Å². The van der Waals surface area contributed by atoms with Gasteiger partial charge in [0.1, 0.15) is 0 Å². The number of carbonyl (C=O) groups is 2. The van der Waals surface area contributed by atoms with Crippen molar-refractivity contribution < 1.29 is 43.3 Å². The molecule has 4 unspecified atom stereocenters. The van der Waals surface area contributed by atoms with E-state index in [-0.39, 0.29) is 39.6 Å². The van der Waals surface area contributed by atoms with E-state index in [4.69, 9.17) is 25.7 Å². The summed E-state index contributed by atoms with van der Waals surface area (Å²) in [7, 11) is 5.59. The summed E-state index contributed by atoms with van der Waals surface area (Å²) in [6, 6.07) is 0. The number of ether oxygens (including phenoxy) is 4. The first-order valence-corrected chi connectivity index (χ1v) is 11.9. The van der Waals surface area contributed by atoms with E-state index in [1.54, 1.807) is 0 Å². The van der Waals surface area contributed by atoms with Crippen molar-refractivity contribution >= 4 is 46.1 Å². The van der Waals surface area contributed by atoms with Gasteiger partial charge in [0.2, 0.25) is 0 Å². The van der Waals surface area contributed by atoms with Crippen molar-refractivity contribution in [3.8, 4) is 0 Å². The molecule has 9 nitrogen and oxygen atoms in total. The van der Waals surface area contributed by atoms with Crippen molar-refractivity contribution in [1.29, 1.82) is 0 Å². The number of rotatable bonds is 15. The normalized spacial score (nSPS) is 14.6. The molecule has 152 valence electrons. The van der Waals surface area contributed by atoms with Crippen LogP contribution in [0.5, 0.6) is 0 Å². The minimum atomic E-state index is -1.22. The molecule has 0 aromatic rings. The van der Waals surface area contributed by atoms with Gasteiger partial charge in [-0.2, -0.15) is 0 Å². The Hall–Kier alpha value is -0.685. The topological polar surface area (TPSA) is 121 Å². The Morgan fingerprint density at radius 1 is 0.926 bits per heavy atom. The Morgan fingerprint density at radius 3 is 1.85 bits per heavy atom. The van der Waals surface area contributed by atoms with E-state index in [0.29, 0.717) is 0 Å². The van der Waals surface area contributed by atoms with Crippen LogP contribution in [0.25, 0.3) is 0 Å². The van der Waals surface area contributed by atoms with E-state index in [1.807, 2.05) is 22.0 Å². The molecular formula is C15H23BIO9P. The van der Waals surface area contributed by atoms with Gasteiger partial charge < -0.3 is 4.74 Å². The van der Waals surface area contributed by atoms with Gasteiger partial charge in [0.05, 0.1) is 0 Å². The fourth-order valence-corrected chi connectivity index (χ4v) is 2.87. The van der Waals surface area contributed by atoms with Crippen molar-refractivity contribution in [2.24, 2.45) is 0 Å². The number of aliphatic hydroxyl groups is 2. The van der Waals surface area contributed by atoms with Crippen LogP contribution in [0, 0.1) is 0 Å². The average molecular weight is 516 g/mol. The van der Waals surface area contributed by atoms with E-state index < -0.39 is 35.4 Å². The molecule has 0 fully saturated rings. The molecule has 0 aliphatic heterocycles. The number of aliphatic hydroxyl groups excluding tert-OH is 2. The molecule has 0 aliphatic carbocycles. The van der Waals surface area contributed by atoms with Gasteiger partial charge in [0.25, 0.3) is 0 Å². The molecule has 0 saturated carbocycles. The number of esters is 2. The van der Waals surface area contributed by atoms with Gasteiger partial charge >= 0.3 is 150 Å². The summed E-state index contributed by atoms with van der Waals surface area (Å²) in [5.74, 6) is -1.24. The molecule has 0 rings (SSSR count). The first-order valence-electron chi connectivity index (χ1n) is 7.75. The Kier molecular flexibility index (Phi) is 15.9. The van der Waals surface area contributed by atoms with Gasteiger partial charge in [-0.3, -0.25) is 0 Å². The van der Waals surface area contributed by atoms with Crippen molar-refractivity contribution in [1.82, 2.24) is 0 Å². The molecule has 0 saturated heterocycles. The Labute approximate surface area is 172 Å². The number of hydrogen-bond acceptors (Lipinski definition) is 9. The quantitative estimate of drug-likeness (QED) is 0.105. The van der Waals surface area contributed by atoms with E-state index >= 15 is 0 Å². The van der Waals surface area contributed by atoms with Crippen LogP contribution < -0.4 is 0 Å². The van der Waals surface area contributed by atoms with Crippen LogP contribution in [0.15, 0.2) is 25.3 Å². The van der Waals surface area contributed by atoms with E-state index in [9.17, 15) is 19.8 Å². The zero-order valence-electron chi connectivity index (χ0n) is 14.7. The summed E-state index contributed by atoms with van der Waals surface area (Å²) < 4.78 is 25.3. The van der Waals surface area contributed by atoms with Crippen molar-refractivity contribution in [3.63, 3.8) is 0 Å². The molecular weight excluding hydrogens is 493 g/mol. The number of hydrogen-bond donors (Lipinski definition) is 2. The fraction of sp³-hybridized carbons (Fsp3) is 0.600. The van der Waals surface area contributed by atoms with Crippen LogP contribution in [0.2, 0.25) is 0 Å². The summed E-state index contributed by atoms with van der Waals surface area (Å²) in [4.78, 5) is 21.9. The van der Waals surface area contributed by atoms with Crippen LogP contribution >= 0.6 is 27.1 Å². The van der Waals surface area contributed by atoms with Gasteiger partial charge in [0, 0.05) is 6.08 Å². The molecule has 4 atom stereocenters. The summed E-state index contributed by atoms with van der Waals surface area (Å²) >= 11 is 1.90. The van der Waals surface area contributed by atoms with E-state index in [2.05, 4.69) is 17.9 Å². The van der Waals surface area contributed by atoms with Gasteiger partial charge in [-0.15, -0.1) is 0 Å². The maximum absolute atomic E-state index is 11.1. The predicted octanol–water partition coefficient (Wildman–Crippen LogP) is 0.415. The standard InChI is InChI=1S/C15H23BIO9P/c1-3-14(20)24-8-12(19)7-22-5-11(18)6-23-9-13(26-27(16)17)10-25-15(21)4-2/h3-4,11-13,18-19H,1-2,5-10H2. The zero-order valence-corrected chi connectivity index (χ0v) is 17.8. The SMILES string of the molecule is B#P(I)OC(COCC(O)COCC(O)COC(=O)C=C)COC(=O)C=C. The van der Waals surface area contributed by atoms with Crippen LogP contribution in [0.1, 0.15) is 0 Å². The third-order valence-electron chi connectivity index (χ3n) is 2.65. The third-order valence-corrected chi connectivity index (χ3v) is 3.83. The maximum atomic E-state index is 11.1. The minimum absolute atomic E-state index is 0.0423. The molecule has 0 radical (unpaired) electrons. The monoisotopic (exact) mass is 516 g/mol. The molecule has 0 heterocycles. The fourth-order valence-electron chi connectivity index (χ4n) is 1.49. The third kappa shape index (κ3) is 16.0. The summed E-state index contributed by atoms with van der Waals surface area (Å²) in [5.41, 5.74) is 0. The molecule has 27 heavy (non-hydrogen) atoms. The second kappa shape index (κ2) is 16.3. The Bertz CT molecular complexity index is 551. The molecule has 0 aliphatic rings. The van der Waals surface area contributed by atoms with Crippen LogP contribution in [0.3, 0.4) is 0 Å². The molecule has 0 aromatic heterocycles. The number of carbonyl (C=O) groups excluding carboxylic acids is 2. The summed E-state index contributed by atoms with van der Waals surface area (Å²) in [6.45, 7) is 5.96. The molecule has 0 spiro atoms. The predicted molar refractivity (Wildman–Crippen MR) is 108 cm³/mol. The zero-order chi connectivity index (χ0) is 20.7. The second-order valence-corrected chi connectivity index (χ2v) is 8.66. The molecule has 2 N–H and O–H groups in total. The van der Waals surface area contributed by atoms with Crippen molar-refractivity contribution in [2.75, 3.05) is 39.6 Å². The summed E-state index contributed by atoms with van der Waals surface area (Å²) in [5, 5.41) is 18.1. The first-order chi connectivity index (χ1) is 12.8. The van der Waals surface area contributed by atoms with E-state index in [0.717, 1.165) is 12.2 Å². The number of halogens is 1. The molecule has 0 bridgehead atoms. The first kappa shape index (κ1) is 26.3. The Balaban J connectivity index is 3.99. The van der Waals surface area contributed by atoms with Crippen LogP contribution in [-0.2, 0) is 33.1 Å². The molecule has 12 heteroatoms. The Morgan fingerprint density at radius 2 is 1.37 bits per heavy atom. The average Bonchev–Trinajstić information content (AvgIpc) is 2.63. The molecule has 0 amide bonds. The summed E-state index contributed by atoms with van der Waals surface area (Å²) in [6.07, 6.45) is -0.552. The second-order valence-electron chi connectivity index (χ2n) is 5.05. The van der Waals surface area contributed by atoms with Gasteiger partial charge in [-0.1, -0.05) is 6.58 Å². The van der Waals surface area contributed by atoms with Crippen molar-refractivity contribution in [2.45, 2.75) is 18.3 Å².